The molecule has 2 rings (SSSR count). The molecule has 0 saturated heterocycles. The quantitative estimate of drug-likeness (QED) is 0.592. The van der Waals surface area contributed by atoms with Gasteiger partial charge in [-0.1, -0.05) is 38.1 Å². The van der Waals surface area contributed by atoms with Crippen LogP contribution in [0.15, 0.2) is 58.5 Å². The molecule has 2 N–H and O–H groups in total. The largest absolute Gasteiger partial charge is 0.507 e. The van der Waals surface area contributed by atoms with Crippen LogP contribution < -0.4 is 0 Å². The minimum atomic E-state index is 0.255. The van der Waals surface area contributed by atoms with Crippen LogP contribution in [0.25, 0.3) is 0 Å². The highest BCUT2D eigenvalue weighted by Crippen LogP contribution is 2.19. The third kappa shape index (κ3) is 4.44. The number of phenolic OH excluding ortho intramolecular Hbond substituents is 2. The third-order valence-electron chi connectivity index (χ3n) is 3.81. The van der Waals surface area contributed by atoms with Gasteiger partial charge >= 0.3 is 0 Å². The van der Waals surface area contributed by atoms with Gasteiger partial charge in [-0.05, 0) is 37.1 Å². The van der Waals surface area contributed by atoms with E-state index in [-0.39, 0.29) is 11.5 Å². The summed E-state index contributed by atoms with van der Waals surface area (Å²) < 4.78 is 0. The van der Waals surface area contributed by atoms with Gasteiger partial charge in [-0.3, -0.25) is 9.98 Å². The molecule has 0 aromatic heterocycles. The van der Waals surface area contributed by atoms with Crippen molar-refractivity contribution in [1.82, 2.24) is 0 Å². The summed E-state index contributed by atoms with van der Waals surface area (Å²) in [6.07, 6.45) is 1.50. The van der Waals surface area contributed by atoms with Gasteiger partial charge in [0.1, 0.15) is 11.5 Å². The molecule has 4 heteroatoms. The van der Waals surface area contributed by atoms with Crippen molar-refractivity contribution in [2.45, 2.75) is 26.7 Å². The summed E-state index contributed by atoms with van der Waals surface area (Å²) in [6.45, 7) is 5.14. The van der Waals surface area contributed by atoms with Crippen LogP contribution in [0.1, 0.15) is 37.8 Å². The molecule has 0 fully saturated rings. The highest BCUT2D eigenvalue weighted by atomic mass is 16.3. The minimum absolute atomic E-state index is 0.255. The molecule has 0 atom stereocenters. The van der Waals surface area contributed by atoms with E-state index in [2.05, 4.69) is 9.98 Å². The number of para-hydroxylation sites is 2. The Balaban J connectivity index is 2.09. The number of nitrogens with zero attached hydrogens (tertiary/aromatic N) is 2. The van der Waals surface area contributed by atoms with Crippen molar-refractivity contribution < 1.29 is 10.2 Å². The van der Waals surface area contributed by atoms with Gasteiger partial charge in [0.15, 0.2) is 0 Å². The number of hydrogen-bond acceptors (Lipinski definition) is 4. The number of aliphatic imine (C=N–C) groups is 2. The van der Waals surface area contributed by atoms with Gasteiger partial charge in [0.2, 0.25) is 0 Å². The fourth-order valence-corrected chi connectivity index (χ4v) is 2.58. The maximum atomic E-state index is 9.94. The molecule has 0 aliphatic heterocycles. The minimum Gasteiger partial charge on any atom is -0.507 e. The maximum absolute atomic E-state index is 9.94. The number of rotatable bonds is 7. The normalized spacial score (nSPS) is 12.4. The Morgan fingerprint density at radius 1 is 0.708 bits per heavy atom. The molecule has 126 valence electrons. The van der Waals surface area contributed by atoms with Crippen LogP contribution in [0.2, 0.25) is 0 Å². The Kier molecular flexibility index (Phi) is 6.55. The van der Waals surface area contributed by atoms with E-state index >= 15 is 0 Å². The number of benzene rings is 2. The summed E-state index contributed by atoms with van der Waals surface area (Å²) >= 11 is 0. The average molecular weight is 324 g/mol. The maximum Gasteiger partial charge on any atom is 0.124 e. The Morgan fingerprint density at radius 3 is 1.42 bits per heavy atom. The summed E-state index contributed by atoms with van der Waals surface area (Å²) in [6, 6.07) is 14.5. The van der Waals surface area contributed by atoms with E-state index in [0.29, 0.717) is 13.1 Å². The Bertz CT molecular complexity index is 672. The molecule has 0 aliphatic rings. The van der Waals surface area contributed by atoms with Crippen LogP contribution in [0.3, 0.4) is 0 Å². The fourth-order valence-electron chi connectivity index (χ4n) is 2.58. The van der Waals surface area contributed by atoms with E-state index in [1.54, 1.807) is 24.3 Å². The van der Waals surface area contributed by atoms with Crippen LogP contribution in [0.5, 0.6) is 11.5 Å². The summed E-state index contributed by atoms with van der Waals surface area (Å²) in [4.78, 5) is 9.17. The van der Waals surface area contributed by atoms with E-state index in [9.17, 15) is 10.2 Å². The smallest absolute Gasteiger partial charge is 0.124 e. The van der Waals surface area contributed by atoms with Crippen LogP contribution in [-0.4, -0.2) is 34.7 Å². The van der Waals surface area contributed by atoms with Crippen molar-refractivity contribution in [1.29, 1.82) is 0 Å². The number of aromatic hydroxyl groups is 2. The lowest BCUT2D eigenvalue weighted by atomic mass is 10.1. The summed E-state index contributed by atoms with van der Waals surface area (Å²) in [7, 11) is 0. The lowest BCUT2D eigenvalue weighted by molar-refractivity contribution is 0.473. The molecule has 0 amide bonds. The Morgan fingerprint density at radius 2 is 1.08 bits per heavy atom. The molecule has 24 heavy (non-hydrogen) atoms. The SMILES string of the molecule is CC/C(=N/CC/N=C(/CC)c1ccccc1O)c1ccccc1O. The molecule has 0 heterocycles. The van der Waals surface area contributed by atoms with Crippen LogP contribution in [0, 0.1) is 0 Å². The zero-order valence-corrected chi connectivity index (χ0v) is 14.2. The molecule has 0 unspecified atom stereocenters. The average Bonchev–Trinajstić information content (AvgIpc) is 2.60. The van der Waals surface area contributed by atoms with Gasteiger partial charge in [0.05, 0.1) is 13.1 Å². The van der Waals surface area contributed by atoms with Crippen molar-refractivity contribution in [3.8, 4) is 11.5 Å². The zero-order valence-electron chi connectivity index (χ0n) is 14.2. The predicted octanol–water partition coefficient (Wildman–Crippen LogP) is 4.20. The van der Waals surface area contributed by atoms with Gasteiger partial charge in [-0.15, -0.1) is 0 Å². The van der Waals surface area contributed by atoms with E-state index in [0.717, 1.165) is 35.4 Å². The van der Waals surface area contributed by atoms with Gasteiger partial charge < -0.3 is 10.2 Å². The number of phenols is 2. The standard InChI is InChI=1S/C20H24N2O2/c1-3-17(15-9-5-7-11-19(15)23)21-13-14-22-18(4-2)16-10-6-8-12-20(16)24/h5-12,23-24H,3-4,13-14H2,1-2H3/b21-17-,22-18-. The van der Waals surface area contributed by atoms with Crippen molar-refractivity contribution in [2.24, 2.45) is 9.98 Å². The fraction of sp³-hybridized carbons (Fsp3) is 0.300. The van der Waals surface area contributed by atoms with Gasteiger partial charge in [-0.25, -0.2) is 0 Å². The second-order valence-corrected chi connectivity index (χ2v) is 5.40. The molecular weight excluding hydrogens is 300 g/mol. The molecule has 0 saturated carbocycles. The summed E-state index contributed by atoms with van der Waals surface area (Å²) in [5.74, 6) is 0.509. The highest BCUT2D eigenvalue weighted by Gasteiger charge is 2.07. The van der Waals surface area contributed by atoms with E-state index in [1.807, 2.05) is 38.1 Å². The van der Waals surface area contributed by atoms with E-state index in [1.165, 1.54) is 0 Å². The monoisotopic (exact) mass is 324 g/mol. The second-order valence-electron chi connectivity index (χ2n) is 5.40. The summed E-state index contributed by atoms with van der Waals surface area (Å²) in [5.41, 5.74) is 3.31. The first kappa shape index (κ1) is 17.7. The molecule has 0 aliphatic carbocycles. The van der Waals surface area contributed by atoms with Gasteiger partial charge in [0.25, 0.3) is 0 Å². The molecule has 0 spiro atoms. The first-order valence-corrected chi connectivity index (χ1v) is 8.30. The van der Waals surface area contributed by atoms with Gasteiger partial charge in [0, 0.05) is 22.6 Å². The number of hydrogen-bond donors (Lipinski definition) is 2. The topological polar surface area (TPSA) is 65.2 Å². The van der Waals surface area contributed by atoms with Gasteiger partial charge in [-0.2, -0.15) is 0 Å². The lowest BCUT2D eigenvalue weighted by Gasteiger charge is -2.08. The van der Waals surface area contributed by atoms with Crippen molar-refractivity contribution in [2.75, 3.05) is 13.1 Å². The van der Waals surface area contributed by atoms with Crippen LogP contribution in [0.4, 0.5) is 0 Å². The first-order valence-electron chi connectivity index (χ1n) is 8.30. The van der Waals surface area contributed by atoms with Crippen LogP contribution >= 0.6 is 0 Å². The zero-order chi connectivity index (χ0) is 17.4. The molecule has 0 bridgehead atoms. The lowest BCUT2D eigenvalue weighted by Crippen LogP contribution is -2.05. The predicted molar refractivity (Wildman–Crippen MR) is 99.6 cm³/mol. The van der Waals surface area contributed by atoms with Crippen molar-refractivity contribution in [3.63, 3.8) is 0 Å². The molecule has 2 aromatic rings. The van der Waals surface area contributed by atoms with E-state index in [4.69, 9.17) is 0 Å². The Hall–Kier alpha value is -2.62. The third-order valence-corrected chi connectivity index (χ3v) is 3.81. The molecule has 4 nitrogen and oxygen atoms in total. The molecule has 0 radical (unpaired) electrons. The van der Waals surface area contributed by atoms with E-state index < -0.39 is 0 Å². The molecular formula is C20H24N2O2. The molecule has 2 aromatic carbocycles. The second kappa shape index (κ2) is 8.87. The summed E-state index contributed by atoms with van der Waals surface area (Å²) in [5, 5.41) is 19.9. The highest BCUT2D eigenvalue weighted by molar-refractivity contribution is 6.03. The van der Waals surface area contributed by atoms with Crippen molar-refractivity contribution in [3.05, 3.63) is 59.7 Å². The Labute approximate surface area is 143 Å². The van der Waals surface area contributed by atoms with Crippen LogP contribution in [-0.2, 0) is 0 Å². The first-order chi connectivity index (χ1) is 11.7. The van der Waals surface area contributed by atoms with Crippen molar-refractivity contribution >= 4 is 11.4 Å².